The van der Waals surface area contributed by atoms with Crippen molar-refractivity contribution in [2.45, 2.75) is 17.7 Å². The molecule has 0 aromatic heterocycles. The van der Waals surface area contributed by atoms with Crippen LogP contribution in [-0.4, -0.2) is 36.9 Å². The van der Waals surface area contributed by atoms with Crippen molar-refractivity contribution in [3.63, 3.8) is 0 Å². The van der Waals surface area contributed by atoms with E-state index in [-0.39, 0.29) is 17.6 Å². The summed E-state index contributed by atoms with van der Waals surface area (Å²) < 4.78 is 52.5. The molecule has 0 saturated carbocycles. The highest BCUT2D eigenvalue weighted by Crippen LogP contribution is 2.31. The van der Waals surface area contributed by atoms with Gasteiger partial charge in [0.1, 0.15) is 16.5 Å². The SMILES string of the molecule is O=C(O)[C@H]1CCCN(S(=O)(=O)c2c(F)cc(F)cc2Br)C1. The lowest BCUT2D eigenvalue weighted by molar-refractivity contribution is -0.142. The zero-order valence-electron chi connectivity index (χ0n) is 10.7. The van der Waals surface area contributed by atoms with Crippen LogP contribution in [-0.2, 0) is 14.8 Å². The molecule has 0 amide bonds. The number of aliphatic carboxylic acids is 1. The second kappa shape index (κ2) is 5.98. The normalized spacial score (nSPS) is 20.4. The van der Waals surface area contributed by atoms with Gasteiger partial charge in [0.15, 0.2) is 0 Å². The van der Waals surface area contributed by atoms with Crippen molar-refractivity contribution < 1.29 is 27.1 Å². The summed E-state index contributed by atoms with van der Waals surface area (Å²) in [7, 11) is -4.23. The topological polar surface area (TPSA) is 74.7 Å². The van der Waals surface area contributed by atoms with Crippen LogP contribution in [0.5, 0.6) is 0 Å². The Morgan fingerprint density at radius 3 is 2.62 bits per heavy atom. The zero-order chi connectivity index (χ0) is 15.8. The largest absolute Gasteiger partial charge is 0.481 e. The number of nitrogens with zero attached hydrogens (tertiary/aromatic N) is 1. The minimum Gasteiger partial charge on any atom is -0.481 e. The van der Waals surface area contributed by atoms with Gasteiger partial charge in [0, 0.05) is 23.6 Å². The molecule has 21 heavy (non-hydrogen) atoms. The number of carboxylic acid groups (broad SMARTS) is 1. The average molecular weight is 384 g/mol. The van der Waals surface area contributed by atoms with Crippen LogP contribution in [0.4, 0.5) is 8.78 Å². The summed E-state index contributed by atoms with van der Waals surface area (Å²) in [4.78, 5) is 10.3. The van der Waals surface area contributed by atoms with E-state index in [0.717, 1.165) is 10.4 Å². The molecule has 1 atom stereocenters. The van der Waals surface area contributed by atoms with Crippen molar-refractivity contribution in [1.29, 1.82) is 0 Å². The number of hydrogen-bond acceptors (Lipinski definition) is 3. The van der Waals surface area contributed by atoms with E-state index in [1.165, 1.54) is 0 Å². The zero-order valence-corrected chi connectivity index (χ0v) is 13.1. The minimum atomic E-state index is -4.23. The molecule has 1 aliphatic rings. The van der Waals surface area contributed by atoms with E-state index in [0.29, 0.717) is 18.9 Å². The van der Waals surface area contributed by atoms with Crippen molar-refractivity contribution in [3.05, 3.63) is 28.2 Å². The molecule has 1 saturated heterocycles. The first kappa shape index (κ1) is 16.3. The van der Waals surface area contributed by atoms with E-state index in [1.807, 2.05) is 0 Å². The number of piperidine rings is 1. The molecule has 1 N–H and O–H groups in total. The second-order valence-electron chi connectivity index (χ2n) is 4.74. The fraction of sp³-hybridized carbons (Fsp3) is 0.417. The minimum absolute atomic E-state index is 0.107. The molecule has 0 bridgehead atoms. The monoisotopic (exact) mass is 383 g/mol. The third-order valence-corrected chi connectivity index (χ3v) is 6.12. The van der Waals surface area contributed by atoms with Crippen molar-refractivity contribution in [2.75, 3.05) is 13.1 Å². The molecule has 1 heterocycles. The second-order valence-corrected chi connectivity index (χ2v) is 7.47. The van der Waals surface area contributed by atoms with Gasteiger partial charge in [-0.3, -0.25) is 4.79 Å². The van der Waals surface area contributed by atoms with Crippen molar-refractivity contribution in [1.82, 2.24) is 4.31 Å². The van der Waals surface area contributed by atoms with Crippen LogP contribution in [0.15, 0.2) is 21.5 Å². The Hall–Kier alpha value is -1.06. The van der Waals surface area contributed by atoms with Crippen LogP contribution in [0.2, 0.25) is 0 Å². The molecule has 0 aliphatic carbocycles. The van der Waals surface area contributed by atoms with Gasteiger partial charge in [-0.15, -0.1) is 0 Å². The quantitative estimate of drug-likeness (QED) is 0.867. The van der Waals surface area contributed by atoms with E-state index < -0.39 is 38.4 Å². The van der Waals surface area contributed by atoms with Crippen LogP contribution in [0.1, 0.15) is 12.8 Å². The Labute approximate surface area is 128 Å². The molecule has 1 fully saturated rings. The maximum atomic E-state index is 13.8. The molecule has 0 spiro atoms. The summed E-state index contributed by atoms with van der Waals surface area (Å²) in [5.74, 6) is -4.02. The number of hydrogen-bond donors (Lipinski definition) is 1. The van der Waals surface area contributed by atoms with Gasteiger partial charge in [-0.05, 0) is 34.8 Å². The summed E-state index contributed by atoms with van der Waals surface area (Å²) in [6, 6.07) is 1.34. The fourth-order valence-corrected chi connectivity index (χ4v) is 4.90. The van der Waals surface area contributed by atoms with E-state index >= 15 is 0 Å². The van der Waals surface area contributed by atoms with Gasteiger partial charge in [0.05, 0.1) is 5.92 Å². The maximum Gasteiger partial charge on any atom is 0.307 e. The van der Waals surface area contributed by atoms with Crippen molar-refractivity contribution in [3.8, 4) is 0 Å². The van der Waals surface area contributed by atoms with Gasteiger partial charge in [-0.25, -0.2) is 17.2 Å². The summed E-state index contributed by atoms with van der Waals surface area (Å²) in [5, 5.41) is 8.98. The molecular weight excluding hydrogens is 372 g/mol. The van der Waals surface area contributed by atoms with E-state index in [4.69, 9.17) is 5.11 Å². The molecular formula is C12H12BrF2NO4S. The number of halogens is 3. The molecule has 2 rings (SSSR count). The van der Waals surface area contributed by atoms with E-state index in [2.05, 4.69) is 15.9 Å². The molecule has 116 valence electrons. The molecule has 1 aliphatic heterocycles. The standard InChI is InChI=1S/C12H12BrF2NO4S/c13-9-4-8(14)5-10(15)11(9)21(19,20)16-3-1-2-7(6-16)12(17)18/h4-5,7H,1-3,6H2,(H,17,18)/t7-/m0/s1. The third-order valence-electron chi connectivity index (χ3n) is 3.29. The predicted octanol–water partition coefficient (Wildman–Crippen LogP) is 2.21. The van der Waals surface area contributed by atoms with Crippen LogP contribution >= 0.6 is 15.9 Å². The fourth-order valence-electron chi connectivity index (χ4n) is 2.27. The Morgan fingerprint density at radius 1 is 1.38 bits per heavy atom. The molecule has 0 radical (unpaired) electrons. The highest BCUT2D eigenvalue weighted by atomic mass is 79.9. The Bertz CT molecular complexity index is 657. The van der Waals surface area contributed by atoms with Gasteiger partial charge in [-0.2, -0.15) is 4.31 Å². The Morgan fingerprint density at radius 2 is 2.05 bits per heavy atom. The van der Waals surface area contributed by atoms with Gasteiger partial charge in [0.2, 0.25) is 10.0 Å². The number of benzene rings is 1. The highest BCUT2D eigenvalue weighted by Gasteiger charge is 2.36. The van der Waals surface area contributed by atoms with Gasteiger partial charge in [-0.1, -0.05) is 0 Å². The Kier molecular flexibility index (Phi) is 4.64. The van der Waals surface area contributed by atoms with Crippen LogP contribution < -0.4 is 0 Å². The number of rotatable bonds is 3. The van der Waals surface area contributed by atoms with Gasteiger partial charge in [0.25, 0.3) is 0 Å². The van der Waals surface area contributed by atoms with E-state index in [9.17, 15) is 22.0 Å². The number of carboxylic acids is 1. The third kappa shape index (κ3) is 3.24. The van der Waals surface area contributed by atoms with Crippen LogP contribution in [0.3, 0.4) is 0 Å². The van der Waals surface area contributed by atoms with Gasteiger partial charge >= 0.3 is 5.97 Å². The summed E-state index contributed by atoms with van der Waals surface area (Å²) in [6.07, 6.45) is 0.741. The summed E-state index contributed by atoms with van der Waals surface area (Å²) >= 11 is 2.84. The lowest BCUT2D eigenvalue weighted by Crippen LogP contribution is -2.42. The van der Waals surface area contributed by atoms with Crippen molar-refractivity contribution in [2.24, 2.45) is 5.92 Å². The highest BCUT2D eigenvalue weighted by molar-refractivity contribution is 9.10. The van der Waals surface area contributed by atoms with Crippen molar-refractivity contribution >= 4 is 31.9 Å². The molecule has 0 unspecified atom stereocenters. The average Bonchev–Trinajstić information content (AvgIpc) is 2.37. The number of carbonyl (C=O) groups is 1. The lowest BCUT2D eigenvalue weighted by atomic mass is 10.0. The first-order valence-electron chi connectivity index (χ1n) is 6.11. The van der Waals surface area contributed by atoms with Crippen LogP contribution in [0, 0.1) is 17.6 Å². The maximum absolute atomic E-state index is 13.8. The summed E-state index contributed by atoms with van der Waals surface area (Å²) in [5.41, 5.74) is 0. The predicted molar refractivity (Wildman–Crippen MR) is 73.2 cm³/mol. The molecule has 9 heteroatoms. The first-order valence-corrected chi connectivity index (χ1v) is 8.34. The Balaban J connectivity index is 2.41. The molecule has 1 aromatic rings. The lowest BCUT2D eigenvalue weighted by Gasteiger charge is -2.30. The molecule has 1 aromatic carbocycles. The molecule has 5 nitrogen and oxygen atoms in total. The summed E-state index contributed by atoms with van der Waals surface area (Å²) in [6.45, 7) is -0.115. The number of sulfonamides is 1. The first-order chi connectivity index (χ1) is 9.73. The van der Waals surface area contributed by atoms with Crippen LogP contribution in [0.25, 0.3) is 0 Å². The smallest absolute Gasteiger partial charge is 0.307 e. The van der Waals surface area contributed by atoms with E-state index in [1.54, 1.807) is 0 Å². The van der Waals surface area contributed by atoms with Gasteiger partial charge < -0.3 is 5.11 Å².